The maximum absolute atomic E-state index is 13.6. The van der Waals surface area contributed by atoms with Crippen LogP contribution in [0.2, 0.25) is 0 Å². The van der Waals surface area contributed by atoms with Crippen molar-refractivity contribution in [2.75, 3.05) is 26.4 Å². The van der Waals surface area contributed by atoms with Crippen molar-refractivity contribution in [3.63, 3.8) is 0 Å². The average Bonchev–Trinajstić information content (AvgIpc) is 3.73. The zero-order valence-corrected chi connectivity index (χ0v) is 36.5. The van der Waals surface area contributed by atoms with E-state index in [1.807, 2.05) is 6.07 Å². The molecule has 0 atom stereocenters. The number of rotatable bonds is 18. The van der Waals surface area contributed by atoms with E-state index in [1.54, 1.807) is 6.07 Å². The minimum atomic E-state index is -0.946. The van der Waals surface area contributed by atoms with Gasteiger partial charge in [0.15, 0.2) is 5.57 Å². The predicted molar refractivity (Wildman–Crippen MR) is 224 cm³/mol. The van der Waals surface area contributed by atoms with Crippen LogP contribution in [0.25, 0.3) is 0 Å². The Balaban J connectivity index is 1.13. The number of esters is 7. The van der Waals surface area contributed by atoms with Crippen LogP contribution in [0.1, 0.15) is 96.8 Å². The number of carbonyl (C=O) groups excluding carboxylic acids is 7. The summed E-state index contributed by atoms with van der Waals surface area (Å²) in [6, 6.07) is 4.96. The quantitative estimate of drug-likeness (QED) is 0.0349. The second-order valence-corrected chi connectivity index (χ2v) is 18.0. The fourth-order valence-electron chi connectivity index (χ4n) is 7.62. The van der Waals surface area contributed by atoms with Crippen LogP contribution in [0.3, 0.4) is 0 Å². The Morgan fingerprint density at radius 1 is 0.613 bits per heavy atom. The molecule has 0 unspecified atom stereocenters. The molecule has 5 rings (SSSR count). The maximum atomic E-state index is 13.6. The van der Waals surface area contributed by atoms with Gasteiger partial charge in [0.2, 0.25) is 0 Å². The smallest absolute Gasteiger partial charge is 0.350 e. The van der Waals surface area contributed by atoms with E-state index in [4.69, 9.17) is 33.2 Å². The Bertz CT molecular complexity index is 1930. The standard InChI is InChI=1S/C45H53NO14S2/c1-4-36(47)54-22-6-7-23-56-40(49)28-12-14-30(15-13-28)41(50)58-32-18-16-31(17-19-32)43(52)60-35-21-20-34(59-42(51)29-10-8-27(3)9-11-29)38-39(35)62-45(61-38)33(26-46)44(53)57-25-24-55-37(48)5-2/h4-5,20-21,27-32H,1-2,6-19,22-25H2,3H3/b45-33+. The zero-order chi connectivity index (χ0) is 44.6. The minimum absolute atomic E-state index is 0.172. The van der Waals surface area contributed by atoms with Gasteiger partial charge < -0.3 is 33.2 Å². The highest BCUT2D eigenvalue weighted by Gasteiger charge is 2.37. The molecule has 1 aliphatic heterocycles. The molecule has 0 amide bonds. The number of thioether (sulfide) groups is 2. The van der Waals surface area contributed by atoms with Crippen molar-refractivity contribution >= 4 is 65.3 Å². The first-order valence-electron chi connectivity index (χ1n) is 21.1. The van der Waals surface area contributed by atoms with Crippen molar-refractivity contribution in [2.45, 2.75) is 113 Å². The molecule has 0 aromatic heterocycles. The number of nitrogens with zero attached hydrogens (tertiary/aromatic N) is 1. The first-order chi connectivity index (χ1) is 29.9. The van der Waals surface area contributed by atoms with Crippen LogP contribution < -0.4 is 9.47 Å². The van der Waals surface area contributed by atoms with E-state index < -0.39 is 29.8 Å². The summed E-state index contributed by atoms with van der Waals surface area (Å²) in [4.78, 5) is 88.8. The second-order valence-electron chi connectivity index (χ2n) is 15.7. The lowest BCUT2D eigenvalue weighted by molar-refractivity contribution is -0.160. The Kier molecular flexibility index (Phi) is 18.5. The molecule has 4 aliphatic rings. The third kappa shape index (κ3) is 13.7. The van der Waals surface area contributed by atoms with E-state index in [2.05, 4.69) is 20.1 Å². The zero-order valence-electron chi connectivity index (χ0n) is 34.9. The summed E-state index contributed by atoms with van der Waals surface area (Å²) in [6.07, 6.45) is 9.91. The van der Waals surface area contributed by atoms with Gasteiger partial charge in [-0.1, -0.05) is 43.6 Å². The van der Waals surface area contributed by atoms with E-state index in [1.165, 1.54) is 6.07 Å². The third-order valence-corrected chi connectivity index (χ3v) is 14.0. The molecule has 0 saturated heterocycles. The first-order valence-corrected chi connectivity index (χ1v) is 22.8. The Labute approximate surface area is 369 Å². The van der Waals surface area contributed by atoms with Gasteiger partial charge in [-0.15, -0.1) is 0 Å². The summed E-state index contributed by atoms with van der Waals surface area (Å²) < 4.78 is 38.3. The number of ether oxygens (including phenoxy) is 7. The number of hydrogen-bond acceptors (Lipinski definition) is 17. The highest BCUT2D eigenvalue weighted by molar-refractivity contribution is 8.24. The summed E-state index contributed by atoms with van der Waals surface area (Å²) in [5.74, 6) is -4.02. The summed E-state index contributed by atoms with van der Waals surface area (Å²) in [5, 5.41) is 9.99. The lowest BCUT2D eigenvalue weighted by Crippen LogP contribution is -2.33. The minimum Gasteiger partial charge on any atom is -0.465 e. The summed E-state index contributed by atoms with van der Waals surface area (Å²) >= 11 is 2.05. The molecular formula is C45H53NO14S2. The van der Waals surface area contributed by atoms with Gasteiger partial charge in [0.25, 0.3) is 0 Å². The summed E-state index contributed by atoms with van der Waals surface area (Å²) in [7, 11) is 0. The van der Waals surface area contributed by atoms with E-state index in [0.29, 0.717) is 92.8 Å². The number of benzene rings is 1. The van der Waals surface area contributed by atoms with Crippen molar-refractivity contribution in [1.82, 2.24) is 0 Å². The van der Waals surface area contributed by atoms with Crippen LogP contribution in [-0.4, -0.2) is 74.3 Å². The maximum Gasteiger partial charge on any atom is 0.350 e. The summed E-state index contributed by atoms with van der Waals surface area (Å²) in [6.45, 7) is 8.72. The van der Waals surface area contributed by atoms with Gasteiger partial charge in [0.05, 0.1) is 50.9 Å². The summed E-state index contributed by atoms with van der Waals surface area (Å²) in [5.41, 5.74) is -0.320. The molecule has 334 valence electrons. The molecule has 0 radical (unpaired) electrons. The Morgan fingerprint density at radius 3 is 1.56 bits per heavy atom. The van der Waals surface area contributed by atoms with E-state index in [9.17, 15) is 38.8 Å². The molecule has 1 aromatic rings. The highest BCUT2D eigenvalue weighted by Crippen LogP contribution is 2.59. The van der Waals surface area contributed by atoms with Gasteiger partial charge in [-0.25, -0.2) is 14.4 Å². The molecule has 17 heteroatoms. The first kappa shape index (κ1) is 48.0. The second kappa shape index (κ2) is 23.9. The van der Waals surface area contributed by atoms with Crippen LogP contribution in [0, 0.1) is 40.9 Å². The van der Waals surface area contributed by atoms with E-state index in [0.717, 1.165) is 48.5 Å². The largest absolute Gasteiger partial charge is 0.465 e. The molecular weight excluding hydrogens is 843 g/mol. The highest BCUT2D eigenvalue weighted by atomic mass is 32.2. The van der Waals surface area contributed by atoms with Gasteiger partial charge >= 0.3 is 41.8 Å². The van der Waals surface area contributed by atoms with Crippen LogP contribution in [0.5, 0.6) is 11.5 Å². The SMILES string of the molecule is C=CC(=O)OCCCCOC(=O)C1CCC(C(=O)OC2CCC(C(=O)Oc3ccc(OC(=O)C4CCC(C)CC4)c4c3S/C(=C(\C#N)C(=O)OCCOC(=O)C=C)S4)CC2)CC1. The van der Waals surface area contributed by atoms with Crippen LogP contribution in [0.15, 0.2) is 57.0 Å². The molecule has 62 heavy (non-hydrogen) atoms. The van der Waals surface area contributed by atoms with E-state index >= 15 is 0 Å². The Morgan fingerprint density at radius 2 is 1.05 bits per heavy atom. The van der Waals surface area contributed by atoms with E-state index in [-0.39, 0.29) is 89.5 Å². The molecule has 3 fully saturated rings. The van der Waals surface area contributed by atoms with Gasteiger partial charge in [-0.05, 0) is 108 Å². The van der Waals surface area contributed by atoms with Gasteiger partial charge in [-0.2, -0.15) is 5.26 Å². The van der Waals surface area contributed by atoms with Crippen molar-refractivity contribution in [2.24, 2.45) is 29.6 Å². The molecule has 3 aliphatic carbocycles. The number of carbonyl (C=O) groups is 7. The van der Waals surface area contributed by atoms with Crippen LogP contribution in [-0.2, 0) is 57.2 Å². The third-order valence-electron chi connectivity index (χ3n) is 11.3. The van der Waals surface area contributed by atoms with Crippen molar-refractivity contribution in [3.8, 4) is 17.6 Å². The molecule has 0 spiro atoms. The number of fused-ring (bicyclic) bond motifs is 1. The average molecular weight is 896 g/mol. The number of hydrogen-bond donors (Lipinski definition) is 0. The van der Waals surface area contributed by atoms with Crippen molar-refractivity contribution in [1.29, 1.82) is 5.26 Å². The topological polar surface area (TPSA) is 208 Å². The number of unbranched alkanes of at least 4 members (excludes halogenated alkanes) is 1. The van der Waals surface area contributed by atoms with Crippen molar-refractivity contribution in [3.05, 3.63) is 47.3 Å². The monoisotopic (exact) mass is 895 g/mol. The number of nitriles is 1. The van der Waals surface area contributed by atoms with Crippen molar-refractivity contribution < 1.29 is 66.7 Å². The molecule has 15 nitrogen and oxygen atoms in total. The fraction of sp³-hybridized carbons (Fsp3) is 0.556. The van der Waals surface area contributed by atoms with Gasteiger partial charge in [0.1, 0.15) is 36.9 Å². The molecule has 1 heterocycles. The van der Waals surface area contributed by atoms with Crippen LogP contribution in [0.4, 0.5) is 0 Å². The van der Waals surface area contributed by atoms with Crippen LogP contribution >= 0.6 is 23.5 Å². The molecule has 0 N–H and O–H groups in total. The molecule has 1 aromatic carbocycles. The normalized spacial score (nSPS) is 23.8. The predicted octanol–water partition coefficient (Wildman–Crippen LogP) is 7.49. The lowest BCUT2D eigenvalue weighted by Gasteiger charge is -2.30. The van der Waals surface area contributed by atoms with Gasteiger partial charge in [0, 0.05) is 12.2 Å². The molecule has 0 bridgehead atoms. The fourth-order valence-corrected chi connectivity index (χ4v) is 10.2. The molecule has 3 saturated carbocycles. The van der Waals surface area contributed by atoms with Gasteiger partial charge in [-0.3, -0.25) is 19.2 Å². The lowest BCUT2D eigenvalue weighted by atomic mass is 9.82. The Hall–Kier alpha value is -5.08.